The number of para-hydroxylation sites is 1. The summed E-state index contributed by atoms with van der Waals surface area (Å²) in [4.78, 5) is 31.5. The molecule has 0 radical (unpaired) electrons. The number of halogens is 2. The fourth-order valence-corrected chi connectivity index (χ4v) is 4.99. The number of pyridine rings is 1. The zero-order valence-corrected chi connectivity index (χ0v) is 22.6. The molecule has 11 heteroatoms. The van der Waals surface area contributed by atoms with E-state index in [1.165, 1.54) is 16.6 Å². The van der Waals surface area contributed by atoms with Gasteiger partial charge in [-0.05, 0) is 55.6 Å². The van der Waals surface area contributed by atoms with Crippen molar-refractivity contribution in [1.82, 2.24) is 29.6 Å². The highest BCUT2D eigenvalue weighted by atomic mass is 35.5. The zero-order valence-electron chi connectivity index (χ0n) is 21.1. The fraction of sp³-hybridized carbons (Fsp3) is 0.179. The van der Waals surface area contributed by atoms with Crippen LogP contribution in [0.2, 0.25) is 10.2 Å². The Balaban J connectivity index is 1.40. The fourth-order valence-electron chi connectivity index (χ4n) is 4.57. The molecule has 1 N–H and O–H groups in total. The quantitative estimate of drug-likeness (QED) is 0.300. The highest BCUT2D eigenvalue weighted by molar-refractivity contribution is 6.32. The van der Waals surface area contributed by atoms with Crippen molar-refractivity contribution in [3.05, 3.63) is 93.6 Å². The van der Waals surface area contributed by atoms with Crippen molar-refractivity contribution in [1.29, 1.82) is 0 Å². The van der Waals surface area contributed by atoms with Crippen LogP contribution in [-0.2, 0) is 0 Å². The van der Waals surface area contributed by atoms with Crippen molar-refractivity contribution >= 4 is 51.4 Å². The van der Waals surface area contributed by atoms with E-state index < -0.39 is 5.56 Å². The van der Waals surface area contributed by atoms with Gasteiger partial charge in [-0.3, -0.25) is 4.79 Å². The van der Waals surface area contributed by atoms with Crippen molar-refractivity contribution in [3.63, 3.8) is 0 Å². The van der Waals surface area contributed by atoms with Crippen molar-refractivity contribution < 1.29 is 0 Å². The van der Waals surface area contributed by atoms with Crippen molar-refractivity contribution in [2.45, 2.75) is 0 Å². The lowest BCUT2D eigenvalue weighted by atomic mass is 10.1. The zero-order chi connectivity index (χ0) is 26.9. The van der Waals surface area contributed by atoms with Gasteiger partial charge in [0.05, 0.1) is 16.1 Å². The average Bonchev–Trinajstić information content (AvgIpc) is 2.95. The number of fused-ring (bicyclic) bond motifs is 1. The van der Waals surface area contributed by atoms with Gasteiger partial charge in [-0.2, -0.15) is 9.78 Å². The normalized spacial score (nSPS) is 14.1. The van der Waals surface area contributed by atoms with Crippen LogP contribution < -0.4 is 15.8 Å². The molecule has 6 rings (SSSR count). The summed E-state index contributed by atoms with van der Waals surface area (Å²) in [6.07, 6.45) is 3.08. The Morgan fingerprint density at radius 1 is 0.897 bits per heavy atom. The molecule has 2 aromatic carbocycles. The Hall–Kier alpha value is -4.05. The molecule has 1 fully saturated rings. The number of nitrogens with zero attached hydrogens (tertiary/aromatic N) is 7. The van der Waals surface area contributed by atoms with E-state index in [0.29, 0.717) is 33.4 Å². The van der Waals surface area contributed by atoms with E-state index in [1.807, 2.05) is 12.1 Å². The van der Waals surface area contributed by atoms with Gasteiger partial charge < -0.3 is 15.1 Å². The molecule has 1 aliphatic heterocycles. The van der Waals surface area contributed by atoms with Crippen LogP contribution in [0.25, 0.3) is 27.8 Å². The summed E-state index contributed by atoms with van der Waals surface area (Å²) in [6, 6.07) is 18.7. The molecule has 4 heterocycles. The van der Waals surface area contributed by atoms with Crippen molar-refractivity contribution in [3.8, 4) is 16.9 Å². The van der Waals surface area contributed by atoms with Gasteiger partial charge in [-0.25, -0.2) is 15.0 Å². The van der Waals surface area contributed by atoms with Crippen LogP contribution >= 0.6 is 23.2 Å². The first-order valence-corrected chi connectivity index (χ1v) is 13.2. The predicted octanol–water partition coefficient (Wildman–Crippen LogP) is 5.04. The maximum Gasteiger partial charge on any atom is 0.282 e. The Bertz CT molecular complexity index is 1720. The molecule has 5 aromatic rings. The summed E-state index contributed by atoms with van der Waals surface area (Å²) >= 11 is 12.9. The van der Waals surface area contributed by atoms with Gasteiger partial charge in [-0.1, -0.05) is 35.3 Å². The van der Waals surface area contributed by atoms with Gasteiger partial charge in [0.2, 0.25) is 5.95 Å². The lowest BCUT2D eigenvalue weighted by Crippen LogP contribution is -2.44. The molecule has 39 heavy (non-hydrogen) atoms. The number of anilines is 3. The topological polar surface area (TPSA) is 92.1 Å². The first-order valence-electron chi connectivity index (χ1n) is 12.4. The maximum atomic E-state index is 13.5. The summed E-state index contributed by atoms with van der Waals surface area (Å²) in [5.41, 5.74) is 3.31. The molecule has 0 atom stereocenters. The van der Waals surface area contributed by atoms with Crippen molar-refractivity contribution in [2.24, 2.45) is 0 Å². The SMILES string of the molecule is CN1CCN(c2ccc(Nc3ncc4c(=O)n(-c5ccccc5Cl)nc(-c5cccnc5Cl)c4n3)cc2)CC1. The number of nitrogens with one attached hydrogen (secondary N) is 1. The Morgan fingerprint density at radius 3 is 2.41 bits per heavy atom. The van der Waals surface area contributed by atoms with E-state index >= 15 is 0 Å². The van der Waals surface area contributed by atoms with Gasteiger partial charge in [-0.15, -0.1) is 0 Å². The van der Waals surface area contributed by atoms with Gasteiger partial charge in [0.25, 0.3) is 5.56 Å². The van der Waals surface area contributed by atoms with E-state index in [9.17, 15) is 4.79 Å². The summed E-state index contributed by atoms with van der Waals surface area (Å²) in [5.74, 6) is 0.327. The van der Waals surface area contributed by atoms with E-state index in [0.717, 1.165) is 31.9 Å². The minimum absolute atomic E-state index is 0.239. The molecular formula is C28H24Cl2N8O. The molecule has 0 bridgehead atoms. The van der Waals surface area contributed by atoms with E-state index in [2.05, 4.69) is 49.4 Å². The smallest absolute Gasteiger partial charge is 0.282 e. The Kier molecular flexibility index (Phi) is 6.86. The van der Waals surface area contributed by atoms with Crippen molar-refractivity contribution in [2.75, 3.05) is 43.4 Å². The summed E-state index contributed by atoms with van der Waals surface area (Å²) in [6.45, 7) is 4.08. The van der Waals surface area contributed by atoms with Gasteiger partial charge in [0.1, 0.15) is 16.4 Å². The second-order valence-corrected chi connectivity index (χ2v) is 10.0. The van der Waals surface area contributed by atoms with Crippen LogP contribution in [0.15, 0.2) is 77.9 Å². The summed E-state index contributed by atoms with van der Waals surface area (Å²) in [7, 11) is 2.14. The maximum absolute atomic E-state index is 13.5. The first-order chi connectivity index (χ1) is 19.0. The van der Waals surface area contributed by atoms with E-state index in [-0.39, 0.29) is 10.5 Å². The van der Waals surface area contributed by atoms with Gasteiger partial charge in [0.15, 0.2) is 0 Å². The van der Waals surface area contributed by atoms with Gasteiger partial charge in [0, 0.05) is 55.5 Å². The molecule has 0 spiro atoms. The monoisotopic (exact) mass is 558 g/mol. The molecule has 9 nitrogen and oxygen atoms in total. The molecule has 0 saturated carbocycles. The second kappa shape index (κ2) is 10.6. The Morgan fingerprint density at radius 2 is 1.67 bits per heavy atom. The minimum Gasteiger partial charge on any atom is -0.369 e. The van der Waals surface area contributed by atoms with E-state index in [4.69, 9.17) is 28.2 Å². The van der Waals surface area contributed by atoms with Crippen LogP contribution in [-0.4, -0.2) is 62.9 Å². The van der Waals surface area contributed by atoms with Crippen LogP contribution in [0, 0.1) is 0 Å². The molecule has 0 unspecified atom stereocenters. The third kappa shape index (κ3) is 5.04. The number of hydrogen-bond donors (Lipinski definition) is 1. The number of likely N-dealkylation sites (N-methyl/N-ethyl adjacent to an activating group) is 1. The highest BCUT2D eigenvalue weighted by Crippen LogP contribution is 2.30. The minimum atomic E-state index is -0.398. The molecule has 0 amide bonds. The Labute approximate surface area is 234 Å². The van der Waals surface area contributed by atoms with Gasteiger partial charge >= 0.3 is 0 Å². The van der Waals surface area contributed by atoms with Crippen LogP contribution in [0.1, 0.15) is 0 Å². The molecule has 1 aliphatic rings. The molecule has 196 valence electrons. The molecule has 3 aromatic heterocycles. The van der Waals surface area contributed by atoms with Crippen LogP contribution in [0.4, 0.5) is 17.3 Å². The van der Waals surface area contributed by atoms with E-state index in [1.54, 1.807) is 42.6 Å². The second-order valence-electron chi connectivity index (χ2n) is 9.28. The third-order valence-corrected chi connectivity index (χ3v) is 7.34. The highest BCUT2D eigenvalue weighted by Gasteiger charge is 2.20. The largest absolute Gasteiger partial charge is 0.369 e. The standard InChI is InChI=1S/C28H24Cl2N8O/c1-36-13-15-37(16-14-36)19-10-8-18(9-11-19)33-28-32-17-21-24(34-28)25(20-5-4-12-31-26(20)30)35-38(27(21)39)23-7-3-2-6-22(23)29/h2-12,17H,13-16H2,1H3,(H,32,33,34). The number of piperazine rings is 1. The summed E-state index contributed by atoms with van der Waals surface area (Å²) < 4.78 is 1.25. The molecule has 0 aliphatic carbocycles. The summed E-state index contributed by atoms with van der Waals surface area (Å²) in [5, 5.41) is 8.79. The predicted molar refractivity (Wildman–Crippen MR) is 156 cm³/mol. The average molecular weight is 559 g/mol. The number of benzene rings is 2. The third-order valence-electron chi connectivity index (χ3n) is 6.72. The number of aromatic nitrogens is 5. The number of hydrogen-bond acceptors (Lipinski definition) is 8. The number of rotatable bonds is 5. The lowest BCUT2D eigenvalue weighted by Gasteiger charge is -2.34. The first kappa shape index (κ1) is 25.2. The van der Waals surface area contributed by atoms with Crippen LogP contribution in [0.3, 0.4) is 0 Å². The molecule has 1 saturated heterocycles. The van der Waals surface area contributed by atoms with Crippen LogP contribution in [0.5, 0.6) is 0 Å². The lowest BCUT2D eigenvalue weighted by molar-refractivity contribution is 0.313. The molecular weight excluding hydrogens is 535 g/mol.